The van der Waals surface area contributed by atoms with Gasteiger partial charge < -0.3 is 9.64 Å². The quantitative estimate of drug-likeness (QED) is 0.744. The molecule has 0 aromatic carbocycles. The number of hydrogen-bond acceptors (Lipinski definition) is 5. The molecule has 1 aliphatic rings. The van der Waals surface area contributed by atoms with E-state index in [0.717, 1.165) is 50.4 Å². The number of nitrogens with zero attached hydrogens (tertiary/aromatic N) is 4. The van der Waals surface area contributed by atoms with E-state index in [0.29, 0.717) is 12.5 Å². The SMILES string of the molecule is CCCOc1ccnc(N2CCN(CCBr)CC2)n1. The second-order valence-corrected chi connectivity index (χ2v) is 5.35. The van der Waals surface area contributed by atoms with E-state index in [1.807, 2.05) is 6.07 Å². The number of rotatable bonds is 6. The van der Waals surface area contributed by atoms with Crippen molar-refractivity contribution in [3.63, 3.8) is 0 Å². The van der Waals surface area contributed by atoms with Gasteiger partial charge in [0.2, 0.25) is 11.8 Å². The fourth-order valence-electron chi connectivity index (χ4n) is 2.06. The number of aromatic nitrogens is 2. The first-order valence-corrected chi connectivity index (χ1v) is 7.94. The molecule has 1 aromatic rings. The van der Waals surface area contributed by atoms with Gasteiger partial charge in [-0.1, -0.05) is 22.9 Å². The maximum absolute atomic E-state index is 5.55. The zero-order valence-corrected chi connectivity index (χ0v) is 13.0. The molecule has 19 heavy (non-hydrogen) atoms. The summed E-state index contributed by atoms with van der Waals surface area (Å²) in [5.41, 5.74) is 0. The lowest BCUT2D eigenvalue weighted by Gasteiger charge is -2.34. The van der Waals surface area contributed by atoms with Crippen LogP contribution in [0.5, 0.6) is 5.88 Å². The Morgan fingerprint density at radius 1 is 1.32 bits per heavy atom. The van der Waals surface area contributed by atoms with Crippen LogP contribution in [0, 0.1) is 0 Å². The molecule has 5 nitrogen and oxygen atoms in total. The zero-order valence-electron chi connectivity index (χ0n) is 11.4. The first kappa shape index (κ1) is 14.5. The van der Waals surface area contributed by atoms with Crippen LogP contribution < -0.4 is 9.64 Å². The van der Waals surface area contributed by atoms with Crippen LogP contribution >= 0.6 is 15.9 Å². The van der Waals surface area contributed by atoms with Crippen molar-refractivity contribution in [2.24, 2.45) is 0 Å². The Labute approximate surface area is 123 Å². The van der Waals surface area contributed by atoms with Crippen LogP contribution in [0.1, 0.15) is 13.3 Å². The van der Waals surface area contributed by atoms with Gasteiger partial charge in [0.1, 0.15) is 0 Å². The molecule has 1 aromatic heterocycles. The third-order valence-corrected chi connectivity index (χ3v) is 3.48. The molecule has 2 rings (SSSR count). The maximum atomic E-state index is 5.55. The fraction of sp³-hybridized carbons (Fsp3) is 0.692. The lowest BCUT2D eigenvalue weighted by molar-refractivity contribution is 0.271. The highest BCUT2D eigenvalue weighted by Crippen LogP contribution is 2.15. The van der Waals surface area contributed by atoms with Crippen LogP contribution in [0.3, 0.4) is 0 Å². The molecule has 0 spiro atoms. The third kappa shape index (κ3) is 4.31. The van der Waals surface area contributed by atoms with Crippen LogP contribution in [-0.2, 0) is 0 Å². The minimum Gasteiger partial charge on any atom is -0.478 e. The molecular formula is C13H21BrN4O. The van der Waals surface area contributed by atoms with E-state index in [1.54, 1.807) is 6.20 Å². The largest absolute Gasteiger partial charge is 0.478 e. The standard InChI is InChI=1S/C13H21BrN4O/c1-2-11-19-12-3-5-15-13(16-12)18-9-7-17(6-4-14)8-10-18/h3,5H,2,4,6-11H2,1H3. The van der Waals surface area contributed by atoms with E-state index in [2.05, 4.69) is 42.6 Å². The monoisotopic (exact) mass is 328 g/mol. The topological polar surface area (TPSA) is 41.5 Å². The van der Waals surface area contributed by atoms with E-state index in [9.17, 15) is 0 Å². The van der Waals surface area contributed by atoms with E-state index in [-0.39, 0.29) is 0 Å². The molecule has 2 heterocycles. The third-order valence-electron chi connectivity index (χ3n) is 3.13. The summed E-state index contributed by atoms with van der Waals surface area (Å²) >= 11 is 3.48. The van der Waals surface area contributed by atoms with Crippen molar-refractivity contribution in [2.75, 3.05) is 49.6 Å². The minimum atomic E-state index is 0.676. The lowest BCUT2D eigenvalue weighted by atomic mass is 10.3. The van der Waals surface area contributed by atoms with Gasteiger partial charge in [-0.3, -0.25) is 4.90 Å². The lowest BCUT2D eigenvalue weighted by Crippen LogP contribution is -2.47. The number of anilines is 1. The van der Waals surface area contributed by atoms with Gasteiger partial charge in [0.15, 0.2) is 0 Å². The van der Waals surface area contributed by atoms with E-state index < -0.39 is 0 Å². The minimum absolute atomic E-state index is 0.676. The Morgan fingerprint density at radius 2 is 2.11 bits per heavy atom. The van der Waals surface area contributed by atoms with Gasteiger partial charge >= 0.3 is 0 Å². The summed E-state index contributed by atoms with van der Waals surface area (Å²) in [6, 6.07) is 1.82. The van der Waals surface area contributed by atoms with Crippen molar-refractivity contribution in [1.82, 2.24) is 14.9 Å². The Balaban J connectivity index is 1.91. The Bertz CT molecular complexity index is 383. The Morgan fingerprint density at radius 3 is 2.79 bits per heavy atom. The zero-order chi connectivity index (χ0) is 13.5. The van der Waals surface area contributed by atoms with Crippen LogP contribution in [0.4, 0.5) is 5.95 Å². The molecular weight excluding hydrogens is 308 g/mol. The summed E-state index contributed by atoms with van der Waals surface area (Å²) in [6.07, 6.45) is 2.77. The van der Waals surface area contributed by atoms with Gasteiger partial charge in [-0.2, -0.15) is 4.98 Å². The van der Waals surface area contributed by atoms with Gasteiger partial charge in [-0.25, -0.2) is 4.98 Å². The Kier molecular flexibility index (Phi) is 5.85. The molecule has 1 aliphatic heterocycles. The van der Waals surface area contributed by atoms with Crippen LogP contribution in [0.2, 0.25) is 0 Å². The molecule has 106 valence electrons. The van der Waals surface area contributed by atoms with Gasteiger partial charge in [-0.15, -0.1) is 0 Å². The number of halogens is 1. The fourth-order valence-corrected chi connectivity index (χ4v) is 2.56. The van der Waals surface area contributed by atoms with Crippen molar-refractivity contribution in [3.8, 4) is 5.88 Å². The normalized spacial score (nSPS) is 16.6. The highest BCUT2D eigenvalue weighted by Gasteiger charge is 2.18. The van der Waals surface area contributed by atoms with E-state index >= 15 is 0 Å². The number of hydrogen-bond donors (Lipinski definition) is 0. The first-order valence-electron chi connectivity index (χ1n) is 6.82. The number of alkyl halides is 1. The highest BCUT2D eigenvalue weighted by atomic mass is 79.9. The smallest absolute Gasteiger partial charge is 0.228 e. The van der Waals surface area contributed by atoms with Crippen LogP contribution in [0.25, 0.3) is 0 Å². The van der Waals surface area contributed by atoms with Gasteiger partial charge in [0.25, 0.3) is 0 Å². The molecule has 6 heteroatoms. The summed E-state index contributed by atoms with van der Waals surface area (Å²) in [4.78, 5) is 13.5. The molecule has 0 aliphatic carbocycles. The molecule has 0 saturated carbocycles. The summed E-state index contributed by atoms with van der Waals surface area (Å²) in [7, 11) is 0. The first-order chi connectivity index (χ1) is 9.33. The molecule has 1 fully saturated rings. The molecule has 0 radical (unpaired) electrons. The average molecular weight is 329 g/mol. The van der Waals surface area contributed by atoms with Gasteiger partial charge in [-0.05, 0) is 6.42 Å². The molecule has 0 bridgehead atoms. The average Bonchev–Trinajstić information content (AvgIpc) is 2.46. The predicted octanol–water partition coefficient (Wildman–Crippen LogP) is 1.78. The second kappa shape index (κ2) is 7.65. The number of piperazine rings is 1. The second-order valence-electron chi connectivity index (χ2n) is 4.56. The van der Waals surface area contributed by atoms with Crippen molar-refractivity contribution in [3.05, 3.63) is 12.3 Å². The van der Waals surface area contributed by atoms with Gasteiger partial charge in [0, 0.05) is 50.3 Å². The van der Waals surface area contributed by atoms with Crippen molar-refractivity contribution < 1.29 is 4.74 Å². The van der Waals surface area contributed by atoms with Crippen LogP contribution in [-0.4, -0.2) is 59.5 Å². The van der Waals surface area contributed by atoms with Crippen molar-refractivity contribution >= 4 is 21.9 Å². The Hall–Kier alpha value is -0.880. The van der Waals surface area contributed by atoms with E-state index in [1.165, 1.54) is 0 Å². The highest BCUT2D eigenvalue weighted by molar-refractivity contribution is 9.09. The maximum Gasteiger partial charge on any atom is 0.228 e. The summed E-state index contributed by atoms with van der Waals surface area (Å²) in [5.74, 6) is 1.46. The van der Waals surface area contributed by atoms with Crippen molar-refractivity contribution in [1.29, 1.82) is 0 Å². The van der Waals surface area contributed by atoms with Crippen molar-refractivity contribution in [2.45, 2.75) is 13.3 Å². The number of ether oxygens (including phenoxy) is 1. The molecule has 0 unspecified atom stereocenters. The summed E-state index contributed by atoms with van der Waals surface area (Å²) in [6.45, 7) is 7.98. The van der Waals surface area contributed by atoms with E-state index in [4.69, 9.17) is 4.74 Å². The summed E-state index contributed by atoms with van der Waals surface area (Å²) in [5, 5.41) is 1.03. The van der Waals surface area contributed by atoms with Gasteiger partial charge in [0.05, 0.1) is 6.61 Å². The molecule has 0 N–H and O–H groups in total. The molecule has 0 atom stereocenters. The summed E-state index contributed by atoms with van der Waals surface area (Å²) < 4.78 is 5.55. The molecule has 1 saturated heterocycles. The van der Waals surface area contributed by atoms with Crippen LogP contribution in [0.15, 0.2) is 12.3 Å². The predicted molar refractivity (Wildman–Crippen MR) is 80.3 cm³/mol. The molecule has 0 amide bonds.